The second kappa shape index (κ2) is 8.44. The molecular weight excluding hydrogens is 318 g/mol. The molecule has 132 valence electrons. The van der Waals surface area contributed by atoms with Crippen molar-refractivity contribution in [2.75, 3.05) is 13.7 Å². The minimum absolute atomic E-state index is 0.0811. The smallest absolute Gasteiger partial charge is 0.336 e. The molecule has 0 saturated heterocycles. The van der Waals surface area contributed by atoms with Crippen LogP contribution in [-0.2, 0) is 4.74 Å². The fourth-order valence-corrected chi connectivity index (χ4v) is 2.70. The summed E-state index contributed by atoms with van der Waals surface area (Å²) in [6.07, 6.45) is -0.0811. The summed E-state index contributed by atoms with van der Waals surface area (Å²) in [5.41, 5.74) is 1.72. The maximum Gasteiger partial charge on any atom is 0.336 e. The highest BCUT2D eigenvalue weighted by molar-refractivity contribution is 6.04. The third-order valence-corrected chi connectivity index (χ3v) is 4.13. The predicted molar refractivity (Wildman–Crippen MR) is 96.8 cm³/mol. The van der Waals surface area contributed by atoms with Gasteiger partial charge in [-0.15, -0.1) is 0 Å². The van der Waals surface area contributed by atoms with Crippen LogP contribution in [0.2, 0.25) is 0 Å². The van der Waals surface area contributed by atoms with Crippen LogP contribution < -0.4 is 5.32 Å². The van der Waals surface area contributed by atoms with Crippen molar-refractivity contribution in [3.63, 3.8) is 0 Å². The number of aromatic carboxylic acids is 1. The minimum Gasteiger partial charge on any atom is -0.478 e. The molecular formula is C20H23NO4. The molecule has 0 spiro atoms. The molecule has 2 N–H and O–H groups in total. The van der Waals surface area contributed by atoms with E-state index >= 15 is 0 Å². The molecule has 2 rings (SSSR count). The van der Waals surface area contributed by atoms with E-state index < -0.39 is 5.97 Å². The Labute approximate surface area is 147 Å². The van der Waals surface area contributed by atoms with Crippen LogP contribution in [0, 0.1) is 5.92 Å². The zero-order valence-corrected chi connectivity index (χ0v) is 14.7. The average molecular weight is 341 g/mol. The molecule has 0 aliphatic heterocycles. The first-order valence-electron chi connectivity index (χ1n) is 8.18. The van der Waals surface area contributed by atoms with Gasteiger partial charge in [-0.3, -0.25) is 4.79 Å². The first-order valence-corrected chi connectivity index (χ1v) is 8.18. The first-order chi connectivity index (χ1) is 12.0. The summed E-state index contributed by atoms with van der Waals surface area (Å²) >= 11 is 0. The molecule has 0 bridgehead atoms. The second-order valence-electron chi connectivity index (χ2n) is 6.12. The van der Waals surface area contributed by atoms with Gasteiger partial charge in [0.25, 0.3) is 5.91 Å². The van der Waals surface area contributed by atoms with Crippen LogP contribution in [0.15, 0.2) is 48.5 Å². The summed E-state index contributed by atoms with van der Waals surface area (Å²) in [4.78, 5) is 24.1. The third-order valence-electron chi connectivity index (χ3n) is 4.13. The van der Waals surface area contributed by atoms with Gasteiger partial charge in [-0.1, -0.05) is 50.2 Å². The molecule has 5 nitrogen and oxygen atoms in total. The number of rotatable bonds is 7. The lowest BCUT2D eigenvalue weighted by Gasteiger charge is -2.20. The lowest BCUT2D eigenvalue weighted by Crippen LogP contribution is -2.36. The van der Waals surface area contributed by atoms with Crippen molar-refractivity contribution in [3.8, 4) is 11.1 Å². The molecule has 0 heterocycles. The largest absolute Gasteiger partial charge is 0.478 e. The minimum atomic E-state index is -1.02. The number of benzene rings is 2. The lowest BCUT2D eigenvalue weighted by atomic mass is 9.95. The van der Waals surface area contributed by atoms with Crippen LogP contribution in [0.4, 0.5) is 0 Å². The number of hydrogen-bond donors (Lipinski definition) is 2. The van der Waals surface area contributed by atoms with Crippen molar-refractivity contribution in [2.24, 2.45) is 5.92 Å². The molecule has 1 atom stereocenters. The average Bonchev–Trinajstić information content (AvgIpc) is 2.61. The third kappa shape index (κ3) is 4.45. The molecule has 0 aliphatic carbocycles. The number of amides is 1. The van der Waals surface area contributed by atoms with Crippen molar-refractivity contribution < 1.29 is 19.4 Å². The number of carbonyl (C=O) groups is 2. The van der Waals surface area contributed by atoms with Crippen LogP contribution in [-0.4, -0.2) is 36.7 Å². The number of ether oxygens (including phenoxy) is 1. The predicted octanol–water partition coefficient (Wildman–Crippen LogP) is 3.45. The van der Waals surface area contributed by atoms with Gasteiger partial charge in [-0.25, -0.2) is 4.79 Å². The highest BCUT2D eigenvalue weighted by Crippen LogP contribution is 2.27. The number of carboxylic acids is 1. The highest BCUT2D eigenvalue weighted by Gasteiger charge is 2.19. The number of hydrogen-bond acceptors (Lipinski definition) is 3. The van der Waals surface area contributed by atoms with E-state index in [0.29, 0.717) is 23.2 Å². The Bertz CT molecular complexity index is 755. The summed E-state index contributed by atoms with van der Waals surface area (Å²) in [6.45, 7) is 4.44. The lowest BCUT2D eigenvalue weighted by molar-refractivity contribution is 0.0605. The molecule has 1 unspecified atom stereocenters. The molecule has 2 aromatic rings. The van der Waals surface area contributed by atoms with E-state index in [2.05, 4.69) is 5.32 Å². The van der Waals surface area contributed by atoms with Crippen molar-refractivity contribution in [2.45, 2.75) is 20.0 Å². The van der Waals surface area contributed by atoms with Gasteiger partial charge in [0, 0.05) is 19.2 Å². The number of methoxy groups -OCH3 is 1. The molecule has 0 aliphatic rings. The fourth-order valence-electron chi connectivity index (χ4n) is 2.70. The Kier molecular flexibility index (Phi) is 6.31. The molecule has 2 aromatic carbocycles. The molecule has 0 saturated carbocycles. The van der Waals surface area contributed by atoms with E-state index in [9.17, 15) is 14.7 Å². The number of carbonyl (C=O) groups excluding carboxylic acids is 1. The summed E-state index contributed by atoms with van der Waals surface area (Å²) in [5.74, 6) is -1.00. The number of nitrogens with one attached hydrogen (secondary N) is 1. The maximum absolute atomic E-state index is 12.6. The van der Waals surface area contributed by atoms with E-state index in [0.717, 1.165) is 0 Å². The van der Waals surface area contributed by atoms with Crippen LogP contribution in [0.1, 0.15) is 34.6 Å². The van der Waals surface area contributed by atoms with Crippen LogP contribution in [0.25, 0.3) is 11.1 Å². The molecule has 25 heavy (non-hydrogen) atoms. The summed E-state index contributed by atoms with van der Waals surface area (Å²) in [6, 6.07) is 13.7. The zero-order valence-electron chi connectivity index (χ0n) is 14.7. The second-order valence-corrected chi connectivity index (χ2v) is 6.12. The molecule has 0 aromatic heterocycles. The van der Waals surface area contributed by atoms with Crippen LogP contribution in [0.3, 0.4) is 0 Å². The van der Waals surface area contributed by atoms with Gasteiger partial charge in [0.2, 0.25) is 0 Å². The summed E-state index contributed by atoms with van der Waals surface area (Å²) in [5, 5.41) is 12.3. The monoisotopic (exact) mass is 341 g/mol. The molecule has 5 heteroatoms. The maximum atomic E-state index is 12.6. The van der Waals surface area contributed by atoms with Crippen molar-refractivity contribution in [3.05, 3.63) is 59.7 Å². The van der Waals surface area contributed by atoms with Gasteiger partial charge >= 0.3 is 5.97 Å². The van der Waals surface area contributed by atoms with Crippen molar-refractivity contribution in [1.29, 1.82) is 0 Å². The van der Waals surface area contributed by atoms with Gasteiger partial charge in [-0.2, -0.15) is 0 Å². The van der Waals surface area contributed by atoms with Gasteiger partial charge in [0.15, 0.2) is 0 Å². The normalized spacial score (nSPS) is 12.0. The zero-order chi connectivity index (χ0) is 18.4. The summed E-state index contributed by atoms with van der Waals surface area (Å²) < 4.78 is 5.37. The molecule has 0 radical (unpaired) electrons. The summed E-state index contributed by atoms with van der Waals surface area (Å²) in [7, 11) is 1.62. The highest BCUT2D eigenvalue weighted by atomic mass is 16.5. The van der Waals surface area contributed by atoms with Gasteiger partial charge in [-0.05, 0) is 29.2 Å². The molecule has 1 amide bonds. The SMILES string of the molecule is COC(CNC(=O)c1ccccc1-c1ccccc1C(=O)O)C(C)C. The van der Waals surface area contributed by atoms with Gasteiger partial charge < -0.3 is 15.2 Å². The first kappa shape index (κ1) is 18.7. The molecule has 0 fully saturated rings. The fraction of sp³-hybridized carbons (Fsp3) is 0.300. The van der Waals surface area contributed by atoms with Gasteiger partial charge in [0.1, 0.15) is 0 Å². The van der Waals surface area contributed by atoms with E-state index in [4.69, 9.17) is 4.74 Å². The van der Waals surface area contributed by atoms with Crippen molar-refractivity contribution in [1.82, 2.24) is 5.32 Å². The van der Waals surface area contributed by atoms with E-state index in [1.54, 1.807) is 49.6 Å². The Morgan fingerprint density at radius 2 is 1.52 bits per heavy atom. The Morgan fingerprint density at radius 3 is 2.04 bits per heavy atom. The van der Waals surface area contributed by atoms with Gasteiger partial charge in [0.05, 0.1) is 11.7 Å². The number of carboxylic acid groups (broad SMARTS) is 1. The Morgan fingerprint density at radius 1 is 1.00 bits per heavy atom. The van der Waals surface area contributed by atoms with Crippen LogP contribution in [0.5, 0.6) is 0 Å². The topological polar surface area (TPSA) is 75.6 Å². The van der Waals surface area contributed by atoms with Crippen LogP contribution >= 0.6 is 0 Å². The van der Waals surface area contributed by atoms with E-state index in [1.807, 2.05) is 13.8 Å². The van der Waals surface area contributed by atoms with E-state index in [1.165, 1.54) is 6.07 Å². The standard InChI is InChI=1S/C20H23NO4/c1-13(2)18(25-3)12-21-19(22)16-10-6-4-8-14(16)15-9-5-7-11-17(15)20(23)24/h4-11,13,18H,12H2,1-3H3,(H,21,22)(H,23,24). The quantitative estimate of drug-likeness (QED) is 0.809. The Balaban J connectivity index is 2.33. The van der Waals surface area contributed by atoms with Crippen molar-refractivity contribution >= 4 is 11.9 Å². The Hall–Kier alpha value is -2.66. The van der Waals surface area contributed by atoms with E-state index in [-0.39, 0.29) is 23.5 Å².